The van der Waals surface area contributed by atoms with Gasteiger partial charge in [-0.05, 0) is 73.2 Å². The summed E-state index contributed by atoms with van der Waals surface area (Å²) >= 11 is 12.7. The number of hydrogen-bond acceptors (Lipinski definition) is 3. The highest BCUT2D eigenvalue weighted by Gasteiger charge is 2.30. The fraction of sp³-hybridized carbons (Fsp3) is 0.357. The van der Waals surface area contributed by atoms with Gasteiger partial charge >= 0.3 is 0 Å². The molecule has 0 radical (unpaired) electrons. The van der Waals surface area contributed by atoms with Gasteiger partial charge in [0.15, 0.2) is 5.69 Å². The largest absolute Gasteiger partial charge is 0.348 e. The summed E-state index contributed by atoms with van der Waals surface area (Å²) in [4.78, 5) is 13.5. The Hall–Kier alpha value is -2.67. The molecule has 1 fully saturated rings. The highest BCUT2D eigenvalue weighted by Crippen LogP contribution is 2.34. The summed E-state index contributed by atoms with van der Waals surface area (Å²) in [6, 6.07) is 11.6. The number of nitrogens with one attached hydrogen (secondary N) is 2. The molecule has 8 heteroatoms. The molecule has 2 aliphatic rings. The van der Waals surface area contributed by atoms with E-state index in [4.69, 9.17) is 28.3 Å². The molecule has 2 heterocycles. The first-order chi connectivity index (χ1) is 17.4. The number of carbonyl (C=O) groups is 1. The first-order valence-electron chi connectivity index (χ1n) is 12.5. The van der Waals surface area contributed by atoms with Crippen molar-refractivity contribution in [3.05, 3.63) is 80.8 Å². The highest BCUT2D eigenvalue weighted by molar-refractivity contribution is 6.35. The van der Waals surface area contributed by atoms with E-state index in [0.29, 0.717) is 40.4 Å². The molecule has 5 nitrogen and oxygen atoms in total. The predicted octanol–water partition coefficient (Wildman–Crippen LogP) is 6.66. The van der Waals surface area contributed by atoms with E-state index in [2.05, 4.69) is 17.6 Å². The van der Waals surface area contributed by atoms with E-state index in [9.17, 15) is 9.18 Å². The summed E-state index contributed by atoms with van der Waals surface area (Å²) in [5.41, 5.74) is 4.44. The number of hydrogen-bond donors (Lipinski definition) is 2. The van der Waals surface area contributed by atoms with Crippen molar-refractivity contribution in [2.75, 3.05) is 6.54 Å². The van der Waals surface area contributed by atoms with Gasteiger partial charge in [0.2, 0.25) is 0 Å². The maximum absolute atomic E-state index is 13.5. The topological polar surface area (TPSA) is 59.0 Å². The van der Waals surface area contributed by atoms with Crippen molar-refractivity contribution in [1.82, 2.24) is 20.4 Å². The standard InChI is InChI=1S/C28H29Cl2FN4O/c1-17(19-5-3-2-4-6-19)33-28(36)26-23-16-32-15-20(13-18-7-10-22(31)11-8-18)27(23)35(34-26)25-12-9-21(29)14-24(25)30/h7-14,17,19,32H,2-6,15-16H2,1H3,(H,33,36)/b20-13+/t17-/m0/s1. The molecule has 1 aromatic heterocycles. The number of halogens is 3. The van der Waals surface area contributed by atoms with E-state index in [1.165, 1.54) is 31.4 Å². The summed E-state index contributed by atoms with van der Waals surface area (Å²) in [5, 5.41) is 12.4. The van der Waals surface area contributed by atoms with Crippen LogP contribution < -0.4 is 10.6 Å². The maximum atomic E-state index is 13.5. The normalized spacial score (nSPS) is 18.2. The van der Waals surface area contributed by atoms with Crippen molar-refractivity contribution in [3.8, 4) is 5.69 Å². The lowest BCUT2D eigenvalue weighted by atomic mass is 9.84. The highest BCUT2D eigenvalue weighted by atomic mass is 35.5. The van der Waals surface area contributed by atoms with Gasteiger partial charge in [-0.2, -0.15) is 5.10 Å². The van der Waals surface area contributed by atoms with Gasteiger partial charge < -0.3 is 10.6 Å². The molecular weight excluding hydrogens is 498 g/mol. The Morgan fingerprint density at radius 1 is 1.14 bits per heavy atom. The lowest BCUT2D eigenvalue weighted by Gasteiger charge is -2.28. The van der Waals surface area contributed by atoms with Crippen LogP contribution in [0.1, 0.15) is 66.3 Å². The molecule has 2 N–H and O–H groups in total. The van der Waals surface area contributed by atoms with Gasteiger partial charge in [-0.25, -0.2) is 9.07 Å². The Morgan fingerprint density at radius 3 is 2.61 bits per heavy atom. The minimum Gasteiger partial charge on any atom is -0.348 e. The molecular formula is C28H29Cl2FN4O. The number of carbonyl (C=O) groups excluding carboxylic acids is 1. The lowest BCUT2D eigenvalue weighted by molar-refractivity contribution is 0.0912. The summed E-state index contributed by atoms with van der Waals surface area (Å²) in [6.07, 6.45) is 7.96. The van der Waals surface area contributed by atoms with Crippen molar-refractivity contribution in [3.63, 3.8) is 0 Å². The van der Waals surface area contributed by atoms with Gasteiger partial charge in [-0.15, -0.1) is 0 Å². The Bertz CT molecular complexity index is 1300. The van der Waals surface area contributed by atoms with Gasteiger partial charge in [0, 0.05) is 29.7 Å². The molecule has 5 rings (SSSR count). The van der Waals surface area contributed by atoms with Crippen LogP contribution in [-0.2, 0) is 6.54 Å². The van der Waals surface area contributed by atoms with Gasteiger partial charge in [0.1, 0.15) is 5.82 Å². The second-order valence-corrected chi connectivity index (χ2v) is 10.5. The van der Waals surface area contributed by atoms with Crippen LogP contribution in [0.3, 0.4) is 0 Å². The van der Waals surface area contributed by atoms with Crippen molar-refractivity contribution in [1.29, 1.82) is 0 Å². The van der Waals surface area contributed by atoms with Crippen LogP contribution in [0.25, 0.3) is 17.3 Å². The van der Waals surface area contributed by atoms with E-state index in [0.717, 1.165) is 35.2 Å². The molecule has 2 aromatic carbocycles. The first kappa shape index (κ1) is 25.0. The maximum Gasteiger partial charge on any atom is 0.272 e. The zero-order valence-electron chi connectivity index (χ0n) is 20.2. The molecule has 3 aromatic rings. The summed E-state index contributed by atoms with van der Waals surface area (Å²) in [6.45, 7) is 3.16. The van der Waals surface area contributed by atoms with Gasteiger partial charge in [-0.3, -0.25) is 4.79 Å². The molecule has 1 saturated carbocycles. The van der Waals surface area contributed by atoms with E-state index in [1.807, 2.05) is 12.1 Å². The Morgan fingerprint density at radius 2 is 1.89 bits per heavy atom. The van der Waals surface area contributed by atoms with Crippen molar-refractivity contribution in [2.45, 2.75) is 51.6 Å². The van der Waals surface area contributed by atoms with Gasteiger partial charge in [-0.1, -0.05) is 54.6 Å². The molecule has 188 valence electrons. The van der Waals surface area contributed by atoms with Crippen LogP contribution >= 0.6 is 23.2 Å². The third-order valence-electron chi connectivity index (χ3n) is 7.18. The average molecular weight is 527 g/mol. The quantitative estimate of drug-likeness (QED) is 0.390. The van der Waals surface area contributed by atoms with Crippen LogP contribution in [0.4, 0.5) is 4.39 Å². The molecule has 36 heavy (non-hydrogen) atoms. The second-order valence-electron chi connectivity index (χ2n) is 9.67. The lowest BCUT2D eigenvalue weighted by Crippen LogP contribution is -2.39. The van der Waals surface area contributed by atoms with E-state index < -0.39 is 0 Å². The number of rotatable bonds is 5. The third kappa shape index (κ3) is 5.22. The summed E-state index contributed by atoms with van der Waals surface area (Å²) in [7, 11) is 0. The average Bonchev–Trinajstić information content (AvgIpc) is 3.26. The van der Waals surface area contributed by atoms with Crippen LogP contribution in [0.15, 0.2) is 42.5 Å². The number of aromatic nitrogens is 2. The number of fused-ring (bicyclic) bond motifs is 1. The zero-order valence-corrected chi connectivity index (χ0v) is 21.7. The second kappa shape index (κ2) is 10.8. The third-order valence-corrected chi connectivity index (χ3v) is 7.72. The van der Waals surface area contributed by atoms with Crippen molar-refractivity contribution >= 4 is 40.8 Å². The molecule has 0 spiro atoms. The SMILES string of the molecule is C[C@H](NC(=O)c1nn(-c2ccc(Cl)cc2Cl)c2c1CNC/C2=C\c1ccc(F)cc1)C1CCCCC1. The van der Waals surface area contributed by atoms with E-state index in [1.54, 1.807) is 28.9 Å². The van der Waals surface area contributed by atoms with Crippen LogP contribution in [0, 0.1) is 11.7 Å². The van der Waals surface area contributed by atoms with Crippen LogP contribution in [-0.4, -0.2) is 28.3 Å². The Labute approximate surface area is 220 Å². The summed E-state index contributed by atoms with van der Waals surface area (Å²) < 4.78 is 15.2. The van der Waals surface area contributed by atoms with Gasteiger partial charge in [0.05, 0.1) is 16.4 Å². The molecule has 0 bridgehead atoms. The zero-order chi connectivity index (χ0) is 25.2. The first-order valence-corrected chi connectivity index (χ1v) is 13.2. The predicted molar refractivity (Wildman–Crippen MR) is 143 cm³/mol. The minimum absolute atomic E-state index is 0.0727. The van der Waals surface area contributed by atoms with Crippen molar-refractivity contribution < 1.29 is 9.18 Å². The summed E-state index contributed by atoms with van der Waals surface area (Å²) in [5.74, 6) is 0.0139. The minimum atomic E-state index is -0.288. The van der Waals surface area contributed by atoms with E-state index >= 15 is 0 Å². The molecule has 0 unspecified atom stereocenters. The molecule has 0 saturated heterocycles. The van der Waals surface area contributed by atoms with Crippen LogP contribution in [0.2, 0.25) is 10.0 Å². The fourth-order valence-corrected chi connectivity index (χ4v) is 5.76. The Balaban J connectivity index is 1.57. The number of benzene rings is 2. The molecule has 1 atom stereocenters. The number of nitrogens with zero attached hydrogens (tertiary/aromatic N) is 2. The molecule has 1 aliphatic carbocycles. The van der Waals surface area contributed by atoms with Gasteiger partial charge in [0.25, 0.3) is 5.91 Å². The molecule has 1 aliphatic heterocycles. The van der Waals surface area contributed by atoms with E-state index in [-0.39, 0.29) is 17.8 Å². The fourth-order valence-electron chi connectivity index (χ4n) is 5.27. The molecule has 1 amide bonds. The number of amides is 1. The van der Waals surface area contributed by atoms with Crippen LogP contribution in [0.5, 0.6) is 0 Å². The monoisotopic (exact) mass is 526 g/mol. The Kier molecular flexibility index (Phi) is 7.47. The smallest absolute Gasteiger partial charge is 0.272 e. The van der Waals surface area contributed by atoms with Crippen molar-refractivity contribution in [2.24, 2.45) is 5.92 Å².